The number of nitrogens with zero attached hydrogens (tertiary/aromatic N) is 1. The molecular formula is C80H133NO8P+. The summed E-state index contributed by atoms with van der Waals surface area (Å²) in [4.78, 5) is 35.9. The second-order valence-corrected chi connectivity index (χ2v) is 26.0. The highest BCUT2D eigenvalue weighted by Gasteiger charge is 2.27. The summed E-state index contributed by atoms with van der Waals surface area (Å²) in [6.07, 6.45) is 104. The Labute approximate surface area is 553 Å². The summed E-state index contributed by atoms with van der Waals surface area (Å²) in [7, 11) is 1.46. The lowest BCUT2D eigenvalue weighted by Gasteiger charge is -2.24. The molecule has 2 unspecified atom stereocenters. The molecule has 510 valence electrons. The van der Waals surface area contributed by atoms with Crippen molar-refractivity contribution in [2.24, 2.45) is 0 Å². The molecule has 0 amide bonds. The van der Waals surface area contributed by atoms with Gasteiger partial charge in [-0.3, -0.25) is 18.6 Å². The summed E-state index contributed by atoms with van der Waals surface area (Å²) < 4.78 is 34.7. The molecule has 0 aromatic heterocycles. The fourth-order valence-electron chi connectivity index (χ4n) is 9.33. The lowest BCUT2D eigenvalue weighted by Crippen LogP contribution is -2.37. The van der Waals surface area contributed by atoms with E-state index in [1.54, 1.807) is 0 Å². The Hall–Kier alpha value is -4.63. The van der Waals surface area contributed by atoms with Gasteiger partial charge in [-0.05, 0) is 128 Å². The maximum absolute atomic E-state index is 12.9. The third kappa shape index (κ3) is 72.4. The molecule has 0 radical (unpaired) electrons. The number of likely N-dealkylation sites (N-methyl/N-ethyl adjacent to an activating group) is 1. The highest BCUT2D eigenvalue weighted by Crippen LogP contribution is 2.43. The maximum Gasteiger partial charge on any atom is 0.472 e. The van der Waals surface area contributed by atoms with Crippen LogP contribution in [0, 0.1) is 0 Å². The van der Waals surface area contributed by atoms with Gasteiger partial charge in [-0.15, -0.1) is 0 Å². The minimum absolute atomic E-state index is 0.0228. The normalized spacial score (nSPS) is 14.2. The number of carbonyl (C=O) groups is 2. The Bertz CT molecular complexity index is 2130. The van der Waals surface area contributed by atoms with E-state index in [1.165, 1.54) is 103 Å². The Balaban J connectivity index is 4.10. The van der Waals surface area contributed by atoms with Gasteiger partial charge < -0.3 is 18.9 Å². The number of unbranched alkanes of at least 4 members (excludes halogenated alkanes) is 22. The average molecular weight is 1270 g/mol. The Morgan fingerprint density at radius 2 is 0.600 bits per heavy atom. The molecule has 0 fully saturated rings. The predicted octanol–water partition coefficient (Wildman–Crippen LogP) is 23.7. The quantitative estimate of drug-likeness (QED) is 0.0211. The van der Waals surface area contributed by atoms with Crippen LogP contribution >= 0.6 is 7.82 Å². The van der Waals surface area contributed by atoms with Gasteiger partial charge in [-0.2, -0.15) is 0 Å². The standard InChI is InChI=1S/C80H132NO8P/c1-6-8-10-12-14-16-18-20-22-24-26-28-30-32-34-35-36-37-38-39-40-41-42-43-44-45-47-49-51-53-55-57-59-61-63-65-67-69-71-73-80(83)89-78(77-88-90(84,85)87-75-74-81(3,4)5)76-86-79(82)72-70-68-66-64-62-60-58-56-54-52-50-48-46-33-31-29-27-25-23-21-19-17-15-13-11-9-7-2/h8-11,14-17,20-23,26-29,32-34,36-37,39-40,42-43,45-47,78H,6-7,12-13,18-19,24-25,30-31,35,38,41,44,48-77H2,1-5H3/p+1/b10-8-,11-9-,16-14-,17-15-,22-20-,23-21-,28-26-,29-27-,34-32-,37-36-,40-39-,43-42-,46-33-,47-45-. The smallest absolute Gasteiger partial charge is 0.462 e. The molecule has 0 aliphatic rings. The molecule has 1 N–H and O–H groups in total. The molecule has 0 aliphatic carbocycles. The number of rotatable bonds is 64. The number of carbonyl (C=O) groups excluding carboxylic acids is 2. The number of phosphoric acid groups is 1. The number of hydrogen-bond acceptors (Lipinski definition) is 7. The van der Waals surface area contributed by atoms with Gasteiger partial charge in [-0.25, -0.2) is 4.57 Å². The van der Waals surface area contributed by atoms with Crippen LogP contribution in [0.25, 0.3) is 0 Å². The van der Waals surface area contributed by atoms with Crippen LogP contribution in [0.1, 0.15) is 271 Å². The van der Waals surface area contributed by atoms with Crippen molar-refractivity contribution in [1.82, 2.24) is 0 Å². The topological polar surface area (TPSA) is 108 Å². The second kappa shape index (κ2) is 68.7. The van der Waals surface area contributed by atoms with Crippen molar-refractivity contribution in [2.45, 2.75) is 277 Å². The monoisotopic (exact) mass is 1270 g/mol. The number of hydrogen-bond donors (Lipinski definition) is 1. The number of ether oxygens (including phenoxy) is 2. The van der Waals surface area contributed by atoms with Crippen LogP contribution in [0.4, 0.5) is 0 Å². The van der Waals surface area contributed by atoms with Crippen LogP contribution in [-0.4, -0.2) is 74.9 Å². The van der Waals surface area contributed by atoms with Crippen LogP contribution in [0.15, 0.2) is 170 Å². The van der Waals surface area contributed by atoms with Gasteiger partial charge in [0.2, 0.25) is 0 Å². The molecule has 0 bridgehead atoms. The van der Waals surface area contributed by atoms with Gasteiger partial charge in [0.05, 0.1) is 27.7 Å². The lowest BCUT2D eigenvalue weighted by molar-refractivity contribution is -0.870. The van der Waals surface area contributed by atoms with Crippen LogP contribution in [-0.2, 0) is 32.7 Å². The molecule has 0 aromatic carbocycles. The molecule has 0 saturated carbocycles. The molecular weight excluding hydrogens is 1130 g/mol. The summed E-state index contributed by atoms with van der Waals surface area (Å²) in [6.45, 7) is 4.20. The van der Waals surface area contributed by atoms with Gasteiger partial charge in [0.25, 0.3) is 0 Å². The Morgan fingerprint density at radius 1 is 0.344 bits per heavy atom. The summed E-state index contributed by atoms with van der Waals surface area (Å²) in [6, 6.07) is 0. The highest BCUT2D eigenvalue weighted by atomic mass is 31.2. The zero-order valence-electron chi connectivity index (χ0n) is 58.1. The number of allylic oxidation sites excluding steroid dienone is 28. The number of phosphoric ester groups is 1. The van der Waals surface area contributed by atoms with E-state index >= 15 is 0 Å². The molecule has 0 aromatic rings. The first-order chi connectivity index (χ1) is 44.0. The first-order valence-corrected chi connectivity index (χ1v) is 37.4. The fourth-order valence-corrected chi connectivity index (χ4v) is 10.1. The van der Waals surface area contributed by atoms with Gasteiger partial charge in [0.1, 0.15) is 19.8 Å². The van der Waals surface area contributed by atoms with Gasteiger partial charge in [0.15, 0.2) is 6.10 Å². The zero-order chi connectivity index (χ0) is 65.5. The zero-order valence-corrected chi connectivity index (χ0v) is 58.9. The van der Waals surface area contributed by atoms with Crippen LogP contribution in [0.2, 0.25) is 0 Å². The van der Waals surface area contributed by atoms with Crippen molar-refractivity contribution in [1.29, 1.82) is 0 Å². The molecule has 0 spiro atoms. The fraction of sp³-hybridized carbons (Fsp3) is 0.625. The van der Waals surface area contributed by atoms with Crippen LogP contribution < -0.4 is 0 Å². The molecule has 2 atom stereocenters. The molecule has 10 heteroatoms. The van der Waals surface area contributed by atoms with E-state index in [1.807, 2.05) is 21.1 Å². The van der Waals surface area contributed by atoms with E-state index in [-0.39, 0.29) is 32.0 Å². The number of quaternary nitrogens is 1. The van der Waals surface area contributed by atoms with Gasteiger partial charge in [0, 0.05) is 12.8 Å². The molecule has 9 nitrogen and oxygen atoms in total. The number of esters is 2. The molecule has 0 heterocycles. The Kier molecular flexibility index (Phi) is 65.2. The van der Waals surface area contributed by atoms with Gasteiger partial charge in [-0.1, -0.05) is 300 Å². The summed E-state index contributed by atoms with van der Waals surface area (Å²) in [5.41, 5.74) is 0. The average Bonchev–Trinajstić information content (AvgIpc) is 3.58. The lowest BCUT2D eigenvalue weighted by atomic mass is 10.0. The molecule has 0 saturated heterocycles. The van der Waals surface area contributed by atoms with Crippen molar-refractivity contribution in [3.63, 3.8) is 0 Å². The van der Waals surface area contributed by atoms with Crippen molar-refractivity contribution in [3.05, 3.63) is 170 Å². The van der Waals surface area contributed by atoms with Crippen molar-refractivity contribution in [2.75, 3.05) is 47.5 Å². The van der Waals surface area contributed by atoms with Crippen molar-refractivity contribution < 1.29 is 42.1 Å². The molecule has 90 heavy (non-hydrogen) atoms. The molecule has 0 rings (SSSR count). The summed E-state index contributed by atoms with van der Waals surface area (Å²) in [5.74, 6) is -0.810. The van der Waals surface area contributed by atoms with Crippen molar-refractivity contribution >= 4 is 19.8 Å². The predicted molar refractivity (Wildman–Crippen MR) is 389 cm³/mol. The van der Waals surface area contributed by atoms with E-state index in [9.17, 15) is 19.0 Å². The molecule has 0 aliphatic heterocycles. The maximum atomic E-state index is 12.9. The Morgan fingerprint density at radius 3 is 0.889 bits per heavy atom. The van der Waals surface area contributed by atoms with Crippen LogP contribution in [0.3, 0.4) is 0 Å². The minimum atomic E-state index is -4.41. The van der Waals surface area contributed by atoms with E-state index in [2.05, 4.69) is 184 Å². The largest absolute Gasteiger partial charge is 0.472 e. The second-order valence-electron chi connectivity index (χ2n) is 24.5. The van der Waals surface area contributed by atoms with Gasteiger partial charge >= 0.3 is 19.8 Å². The minimum Gasteiger partial charge on any atom is -0.462 e. The highest BCUT2D eigenvalue weighted by molar-refractivity contribution is 7.47. The van der Waals surface area contributed by atoms with E-state index in [0.717, 1.165) is 135 Å². The van der Waals surface area contributed by atoms with Crippen molar-refractivity contribution in [3.8, 4) is 0 Å². The third-order valence-corrected chi connectivity index (χ3v) is 15.7. The first-order valence-electron chi connectivity index (χ1n) is 35.9. The van der Waals surface area contributed by atoms with E-state index < -0.39 is 26.5 Å². The SMILES string of the molecule is CC/C=C\C/C=C\C/C=C\C/C=C\C/C=C\C/C=C\C/C=C\C/C=C\C/C=C\CCCCCCCCCCCCCC(=O)OC(COC(=O)CCCCCCCCCCCCC/C=C\C/C=C\C/C=C\C/C=C\C/C=C\CC)COP(=O)(O)OCC[N+](C)(C)C. The third-order valence-electron chi connectivity index (χ3n) is 14.7. The van der Waals surface area contributed by atoms with E-state index in [4.69, 9.17) is 18.5 Å². The van der Waals surface area contributed by atoms with E-state index in [0.29, 0.717) is 17.4 Å². The summed E-state index contributed by atoms with van der Waals surface area (Å²) >= 11 is 0. The van der Waals surface area contributed by atoms with Crippen LogP contribution in [0.5, 0.6) is 0 Å². The summed E-state index contributed by atoms with van der Waals surface area (Å²) in [5, 5.41) is 0. The first kappa shape index (κ1) is 85.4.